The Kier molecular flexibility index (Phi) is 10.1. The molecule has 1 aromatic heterocycles. The van der Waals surface area contributed by atoms with Gasteiger partial charge in [-0.2, -0.15) is 0 Å². The van der Waals surface area contributed by atoms with Crippen LogP contribution in [0.5, 0.6) is 0 Å². The standard InChI is InChI=1S/C27H37BrCl2N2O4S2Si/c1-26(2,3)37(33)31-22(14-15-36-39(7,8)27(4,5)6)23-16-19-20(28)17-21(29)24(30)25(19)32(23)38(34,35)18-12-10-9-11-13-18/h9-13,16-17,22,31H,14-15H2,1-8H3/t22-,37?/m0/s1. The Morgan fingerprint density at radius 1 is 1.10 bits per heavy atom. The molecule has 6 nitrogen and oxygen atoms in total. The first kappa shape index (κ1) is 32.9. The Morgan fingerprint density at radius 2 is 1.69 bits per heavy atom. The summed E-state index contributed by atoms with van der Waals surface area (Å²) in [5.41, 5.74) is 0.656. The van der Waals surface area contributed by atoms with Crippen LogP contribution in [0, 0.1) is 0 Å². The summed E-state index contributed by atoms with van der Waals surface area (Å²) in [6.45, 7) is 16.8. The summed E-state index contributed by atoms with van der Waals surface area (Å²) >= 11 is 15.1. The fraction of sp³-hybridized carbons (Fsp3) is 0.481. The lowest BCUT2D eigenvalue weighted by molar-refractivity contribution is 0.267. The molecule has 0 aliphatic rings. The van der Waals surface area contributed by atoms with E-state index >= 15 is 0 Å². The van der Waals surface area contributed by atoms with Crippen molar-refractivity contribution in [2.75, 3.05) is 6.61 Å². The zero-order valence-electron chi connectivity index (χ0n) is 23.6. The van der Waals surface area contributed by atoms with Gasteiger partial charge in [-0.05, 0) is 69.6 Å². The zero-order chi connectivity index (χ0) is 29.6. The molecule has 0 aliphatic carbocycles. The number of hydrogen-bond donors (Lipinski definition) is 1. The second kappa shape index (κ2) is 12.0. The molecule has 1 heterocycles. The number of aromatic nitrogens is 1. The van der Waals surface area contributed by atoms with Crippen LogP contribution in [0.4, 0.5) is 0 Å². The predicted molar refractivity (Wildman–Crippen MR) is 170 cm³/mol. The summed E-state index contributed by atoms with van der Waals surface area (Å²) in [6, 6.07) is 10.9. The summed E-state index contributed by atoms with van der Waals surface area (Å²) in [6.07, 6.45) is 0.387. The lowest BCUT2D eigenvalue weighted by Gasteiger charge is -2.36. The van der Waals surface area contributed by atoms with Crippen molar-refractivity contribution in [3.8, 4) is 0 Å². The minimum absolute atomic E-state index is 0.00480. The van der Waals surface area contributed by atoms with Gasteiger partial charge in [0.05, 0.1) is 32.2 Å². The van der Waals surface area contributed by atoms with E-state index in [1.807, 2.05) is 20.8 Å². The van der Waals surface area contributed by atoms with Gasteiger partial charge >= 0.3 is 0 Å². The van der Waals surface area contributed by atoms with Crippen molar-refractivity contribution in [3.05, 3.63) is 62.7 Å². The van der Waals surface area contributed by atoms with Gasteiger partial charge in [-0.3, -0.25) is 0 Å². The van der Waals surface area contributed by atoms with Crippen LogP contribution in [-0.2, 0) is 25.8 Å². The third kappa shape index (κ3) is 7.09. The fourth-order valence-electron chi connectivity index (χ4n) is 3.69. The number of halogens is 3. The molecule has 12 heteroatoms. The maximum Gasteiger partial charge on any atom is 0.268 e. The lowest BCUT2D eigenvalue weighted by atomic mass is 10.1. The van der Waals surface area contributed by atoms with Crippen molar-refractivity contribution >= 4 is 79.7 Å². The van der Waals surface area contributed by atoms with Gasteiger partial charge in [0.15, 0.2) is 8.32 Å². The van der Waals surface area contributed by atoms with E-state index in [2.05, 4.69) is 54.5 Å². The first-order valence-corrected chi connectivity index (χ1v) is 19.6. The molecule has 0 fully saturated rings. The summed E-state index contributed by atoms with van der Waals surface area (Å²) in [4.78, 5) is 0.101. The molecule has 1 N–H and O–H groups in total. The normalized spacial score (nSPS) is 15.1. The van der Waals surface area contributed by atoms with Gasteiger partial charge in [-0.25, -0.2) is 12.4 Å². The molecule has 0 saturated heterocycles. The maximum atomic E-state index is 14.2. The molecule has 0 aliphatic heterocycles. The highest BCUT2D eigenvalue weighted by atomic mass is 79.9. The molecule has 0 saturated carbocycles. The fourth-order valence-corrected chi connectivity index (χ4v) is 8.35. The molecule has 1 unspecified atom stereocenters. The third-order valence-corrected chi connectivity index (χ3v) is 16.4. The molecular weight excluding hydrogens is 659 g/mol. The van der Waals surface area contributed by atoms with Crippen LogP contribution in [0.1, 0.15) is 59.7 Å². The largest absolute Gasteiger partial charge is 0.598 e. The van der Waals surface area contributed by atoms with E-state index in [1.165, 1.54) is 16.1 Å². The highest BCUT2D eigenvalue weighted by Gasteiger charge is 2.39. The predicted octanol–water partition coefficient (Wildman–Crippen LogP) is 8.45. The summed E-state index contributed by atoms with van der Waals surface area (Å²) in [5, 5.41) is 0.922. The number of hydrogen-bond acceptors (Lipinski definition) is 5. The van der Waals surface area contributed by atoms with E-state index in [1.54, 1.807) is 30.3 Å². The molecule has 2 aromatic carbocycles. The van der Waals surface area contributed by atoms with Crippen LogP contribution >= 0.6 is 39.1 Å². The Balaban J connectivity index is 2.25. The summed E-state index contributed by atoms with van der Waals surface area (Å²) < 4.78 is 52.6. The molecule has 0 spiro atoms. The molecule has 0 radical (unpaired) electrons. The van der Waals surface area contributed by atoms with Gasteiger partial charge < -0.3 is 8.98 Å². The van der Waals surface area contributed by atoms with E-state index < -0.39 is 40.5 Å². The topological polar surface area (TPSA) is 83.4 Å². The molecule has 0 bridgehead atoms. The van der Waals surface area contributed by atoms with E-state index in [9.17, 15) is 13.0 Å². The Labute approximate surface area is 255 Å². The molecule has 0 amide bonds. The van der Waals surface area contributed by atoms with Gasteiger partial charge in [-0.1, -0.05) is 78.1 Å². The third-order valence-electron chi connectivity index (χ3n) is 7.03. The molecule has 2 atom stereocenters. The summed E-state index contributed by atoms with van der Waals surface area (Å²) in [7, 11) is -6.20. The molecule has 39 heavy (non-hydrogen) atoms. The Bertz CT molecular complexity index is 1440. The van der Waals surface area contributed by atoms with Crippen LogP contribution in [0.25, 0.3) is 10.9 Å². The van der Waals surface area contributed by atoms with Crippen molar-refractivity contribution in [3.63, 3.8) is 0 Å². The molecule has 216 valence electrons. The summed E-state index contributed by atoms with van der Waals surface area (Å²) in [5.74, 6) is 0. The highest BCUT2D eigenvalue weighted by molar-refractivity contribution is 9.10. The van der Waals surface area contributed by atoms with E-state index in [4.69, 9.17) is 27.6 Å². The van der Waals surface area contributed by atoms with Crippen LogP contribution in [0.15, 0.2) is 51.8 Å². The van der Waals surface area contributed by atoms with Crippen LogP contribution in [0.3, 0.4) is 0 Å². The maximum absolute atomic E-state index is 14.2. The number of nitrogens with zero attached hydrogens (tertiary/aromatic N) is 1. The van der Waals surface area contributed by atoms with E-state index in [0.717, 1.165) is 0 Å². The van der Waals surface area contributed by atoms with Crippen LogP contribution in [0.2, 0.25) is 28.2 Å². The zero-order valence-corrected chi connectivity index (χ0v) is 29.3. The first-order valence-electron chi connectivity index (χ1n) is 12.6. The molecular formula is C27H37BrCl2N2O4S2Si. The number of benzene rings is 2. The van der Waals surface area contributed by atoms with Crippen molar-refractivity contribution in [2.24, 2.45) is 0 Å². The van der Waals surface area contributed by atoms with Crippen LogP contribution in [-0.4, -0.2) is 36.6 Å². The van der Waals surface area contributed by atoms with Crippen molar-refractivity contribution in [2.45, 2.75) is 81.8 Å². The minimum Gasteiger partial charge on any atom is -0.598 e. The van der Waals surface area contributed by atoms with Crippen LogP contribution < -0.4 is 4.72 Å². The van der Waals surface area contributed by atoms with Crippen molar-refractivity contribution in [1.82, 2.24) is 8.69 Å². The minimum atomic E-state index is -4.12. The van der Waals surface area contributed by atoms with Crippen molar-refractivity contribution < 1.29 is 17.4 Å². The Morgan fingerprint density at radius 3 is 2.23 bits per heavy atom. The number of nitrogens with one attached hydrogen (secondary N) is 1. The second-order valence-corrected chi connectivity index (χ2v) is 22.3. The average molecular weight is 697 g/mol. The molecule has 3 rings (SSSR count). The van der Waals surface area contributed by atoms with Gasteiger partial charge in [0, 0.05) is 27.8 Å². The lowest BCUT2D eigenvalue weighted by Crippen LogP contribution is -2.44. The number of fused-ring (bicyclic) bond motifs is 1. The van der Waals surface area contributed by atoms with Gasteiger partial charge in [0.2, 0.25) is 0 Å². The van der Waals surface area contributed by atoms with Gasteiger partial charge in [-0.15, -0.1) is 4.72 Å². The SMILES string of the molecule is CC(C)(C)[S+]([O-])N[C@@H](CCO[Si](C)(C)C(C)(C)C)c1cc2c(Br)cc(Cl)c(Cl)c2n1S(=O)(=O)c1ccccc1. The van der Waals surface area contributed by atoms with E-state index in [-0.39, 0.29) is 25.5 Å². The van der Waals surface area contributed by atoms with Gasteiger partial charge in [0.1, 0.15) is 4.75 Å². The van der Waals surface area contributed by atoms with E-state index in [0.29, 0.717) is 28.6 Å². The quantitative estimate of drug-likeness (QED) is 0.138. The smallest absolute Gasteiger partial charge is 0.268 e. The number of rotatable bonds is 9. The van der Waals surface area contributed by atoms with Crippen molar-refractivity contribution in [1.29, 1.82) is 0 Å². The second-order valence-electron chi connectivity index (χ2n) is 12.0. The Hall–Kier alpha value is -0.563. The first-order chi connectivity index (χ1) is 17.8. The highest BCUT2D eigenvalue weighted by Crippen LogP contribution is 2.42. The van der Waals surface area contributed by atoms with Gasteiger partial charge in [0.25, 0.3) is 10.0 Å². The molecule has 3 aromatic rings. The average Bonchev–Trinajstić information content (AvgIpc) is 3.23. The monoisotopic (exact) mass is 694 g/mol.